The maximum absolute atomic E-state index is 8.44. The predicted octanol–water partition coefficient (Wildman–Crippen LogP) is -4.24. The van der Waals surface area contributed by atoms with Crippen molar-refractivity contribution in [2.45, 2.75) is 0 Å². The molecule has 0 unspecified atom stereocenters. The third-order valence-electron chi connectivity index (χ3n) is 0.0373. The van der Waals surface area contributed by atoms with Crippen LogP contribution in [0.1, 0.15) is 0 Å². The Balaban J connectivity index is 0. The van der Waals surface area contributed by atoms with E-state index in [2.05, 4.69) is 4.89 Å². The van der Waals surface area contributed by atoms with E-state index in [4.69, 9.17) is 10.5 Å². The Bertz CT molecular complexity index is 39.4. The van der Waals surface area contributed by atoms with Crippen molar-refractivity contribution in [2.75, 3.05) is 0 Å². The minimum Gasteiger partial charge on any atom is -0.652 e. The van der Waals surface area contributed by atoms with Crippen LogP contribution < -0.4 is 34.8 Å². The summed E-state index contributed by atoms with van der Waals surface area (Å²) in [6.45, 7) is 0. The molecule has 4 heteroatoms. The van der Waals surface area contributed by atoms with Crippen LogP contribution in [-0.4, -0.2) is 0 Å². The molecule has 0 saturated carbocycles. The van der Waals surface area contributed by atoms with Crippen LogP contribution >= 0.6 is 0 Å². The summed E-state index contributed by atoms with van der Waals surface area (Å²) in [6, 6.07) is 0. The molecule has 5 heavy (non-hydrogen) atoms. The maximum Gasteiger partial charge on any atom is 1.00 e. The fourth-order valence-corrected chi connectivity index (χ4v) is 0. The molecule has 22 valence electrons. The first-order chi connectivity index (χ1) is 1.91. The molecule has 0 aliphatic carbocycles. The molecular formula is CNNaO2. The second kappa shape index (κ2) is 8.87. The molecular weight excluding hydrogens is 81.0 g/mol. The zero-order valence-electron chi connectivity index (χ0n) is 2.76. The Morgan fingerprint density at radius 2 is 2.00 bits per heavy atom. The molecule has 0 N–H and O–H groups in total. The van der Waals surface area contributed by atoms with Crippen LogP contribution in [0, 0.1) is 11.5 Å². The normalized spacial score (nSPS) is 3.20. The van der Waals surface area contributed by atoms with Crippen molar-refractivity contribution in [1.29, 1.82) is 5.26 Å². The quantitative estimate of drug-likeness (QED) is 0.128. The van der Waals surface area contributed by atoms with E-state index in [-0.39, 0.29) is 29.6 Å². The summed E-state index contributed by atoms with van der Waals surface area (Å²) in [5.74, 6) is 0. The fourth-order valence-electron chi connectivity index (χ4n) is 0. The third kappa shape index (κ3) is 13.8. The van der Waals surface area contributed by atoms with Gasteiger partial charge in [-0.25, -0.2) is 0 Å². The number of hydrogen-bond donors (Lipinski definition) is 0. The summed E-state index contributed by atoms with van der Waals surface area (Å²) in [6.07, 6.45) is 0.875. The Morgan fingerprint density at radius 1 is 1.80 bits per heavy atom. The third-order valence-corrected chi connectivity index (χ3v) is 0.0373. The van der Waals surface area contributed by atoms with Gasteiger partial charge in [0.15, 0.2) is 0 Å². The first-order valence-electron chi connectivity index (χ1n) is 0.594. The van der Waals surface area contributed by atoms with Crippen LogP contribution in [0.4, 0.5) is 0 Å². The van der Waals surface area contributed by atoms with E-state index < -0.39 is 0 Å². The van der Waals surface area contributed by atoms with Gasteiger partial charge >= 0.3 is 29.6 Å². The first kappa shape index (κ1) is 8.98. The van der Waals surface area contributed by atoms with Crippen molar-refractivity contribution in [3.63, 3.8) is 0 Å². The predicted molar refractivity (Wildman–Crippen MR) is 6.70 cm³/mol. The zero-order chi connectivity index (χ0) is 3.41. The van der Waals surface area contributed by atoms with Crippen LogP contribution in [-0.2, 0) is 4.89 Å². The van der Waals surface area contributed by atoms with E-state index in [0.717, 1.165) is 6.26 Å². The molecule has 0 aliphatic rings. The number of hydrogen-bond acceptors (Lipinski definition) is 3. The minimum atomic E-state index is 0. The maximum atomic E-state index is 8.44. The molecule has 0 spiro atoms. The second-order valence-corrected chi connectivity index (χ2v) is 0.175. The summed E-state index contributed by atoms with van der Waals surface area (Å²) < 4.78 is 0. The summed E-state index contributed by atoms with van der Waals surface area (Å²) >= 11 is 0. The molecule has 0 bridgehead atoms. The van der Waals surface area contributed by atoms with Gasteiger partial charge in [-0.3, -0.25) is 0 Å². The van der Waals surface area contributed by atoms with Crippen LogP contribution in [0.5, 0.6) is 0 Å². The Morgan fingerprint density at radius 3 is 2.00 bits per heavy atom. The van der Waals surface area contributed by atoms with Crippen LogP contribution in [0.15, 0.2) is 0 Å². The number of rotatable bonds is 0. The number of nitrogens with zero attached hydrogens (tertiary/aromatic N) is 1. The average molecular weight is 81.0 g/mol. The van der Waals surface area contributed by atoms with Crippen LogP contribution in [0.25, 0.3) is 0 Å². The topological polar surface area (TPSA) is 56.1 Å². The fraction of sp³-hybridized carbons (Fsp3) is 0. The molecule has 3 nitrogen and oxygen atoms in total. The van der Waals surface area contributed by atoms with E-state index in [1.165, 1.54) is 0 Å². The summed E-state index contributed by atoms with van der Waals surface area (Å²) in [7, 11) is 0. The van der Waals surface area contributed by atoms with Crippen molar-refractivity contribution in [1.82, 2.24) is 0 Å². The van der Waals surface area contributed by atoms with E-state index in [1.54, 1.807) is 0 Å². The molecule has 0 heterocycles. The van der Waals surface area contributed by atoms with Gasteiger partial charge < -0.3 is 10.1 Å². The van der Waals surface area contributed by atoms with Gasteiger partial charge in [-0.05, 0) is 0 Å². The molecule has 0 amide bonds. The molecule has 0 atom stereocenters. The van der Waals surface area contributed by atoms with E-state index in [0.29, 0.717) is 0 Å². The zero-order valence-corrected chi connectivity index (χ0v) is 4.76. The summed E-state index contributed by atoms with van der Waals surface area (Å²) in [5, 5.41) is 15.5. The van der Waals surface area contributed by atoms with Gasteiger partial charge in [0.25, 0.3) is 6.26 Å². The molecule has 0 aliphatic heterocycles. The van der Waals surface area contributed by atoms with Gasteiger partial charge in [0.1, 0.15) is 0 Å². The van der Waals surface area contributed by atoms with Gasteiger partial charge in [-0.2, -0.15) is 5.26 Å². The van der Waals surface area contributed by atoms with Gasteiger partial charge in [0.2, 0.25) is 0 Å². The molecule has 0 aromatic rings. The summed E-state index contributed by atoms with van der Waals surface area (Å²) in [5.41, 5.74) is 0. The summed E-state index contributed by atoms with van der Waals surface area (Å²) in [4.78, 5) is 2.60. The first-order valence-corrected chi connectivity index (χ1v) is 0.594. The van der Waals surface area contributed by atoms with Crippen molar-refractivity contribution >= 4 is 0 Å². The standard InChI is InChI=1S/CHNO2.Na/c2-1-4-3;/h3H;/q;+1/p-1. The Kier molecular flexibility index (Phi) is 15.9. The molecule has 0 aromatic heterocycles. The molecule has 0 saturated heterocycles. The SMILES string of the molecule is N#CO[O-].[Na+]. The largest absolute Gasteiger partial charge is 1.00 e. The van der Waals surface area contributed by atoms with Crippen molar-refractivity contribution in [3.8, 4) is 6.26 Å². The average Bonchev–Trinajstić information content (AvgIpc) is 1.37. The molecule has 0 rings (SSSR count). The van der Waals surface area contributed by atoms with E-state index >= 15 is 0 Å². The van der Waals surface area contributed by atoms with Crippen LogP contribution in [0.2, 0.25) is 0 Å². The Hall–Kier alpha value is 0.250. The minimum absolute atomic E-state index is 0. The van der Waals surface area contributed by atoms with Gasteiger partial charge in [0, 0.05) is 0 Å². The van der Waals surface area contributed by atoms with Crippen molar-refractivity contribution in [2.24, 2.45) is 0 Å². The van der Waals surface area contributed by atoms with Crippen LogP contribution in [0.3, 0.4) is 0 Å². The Labute approximate surface area is 51.4 Å². The van der Waals surface area contributed by atoms with Crippen molar-refractivity contribution in [3.05, 3.63) is 0 Å². The van der Waals surface area contributed by atoms with Gasteiger partial charge in [-0.1, -0.05) is 0 Å². The van der Waals surface area contributed by atoms with Gasteiger partial charge in [-0.15, -0.1) is 0 Å². The van der Waals surface area contributed by atoms with E-state index in [9.17, 15) is 0 Å². The number of nitriles is 1. The molecule has 0 radical (unpaired) electrons. The second-order valence-electron chi connectivity index (χ2n) is 0.175. The van der Waals surface area contributed by atoms with Crippen molar-refractivity contribution < 1.29 is 39.7 Å². The monoisotopic (exact) mass is 81.0 g/mol. The molecule has 0 aromatic carbocycles. The van der Waals surface area contributed by atoms with Gasteiger partial charge in [0.05, 0.1) is 0 Å². The smallest absolute Gasteiger partial charge is 0.652 e. The van der Waals surface area contributed by atoms with E-state index in [1.807, 2.05) is 0 Å². The molecule has 0 fully saturated rings.